The molecule has 2 fully saturated rings. The van der Waals surface area contributed by atoms with Crippen molar-refractivity contribution in [1.82, 2.24) is 9.88 Å². The van der Waals surface area contributed by atoms with Crippen LogP contribution in [0.3, 0.4) is 0 Å². The summed E-state index contributed by atoms with van der Waals surface area (Å²) >= 11 is 0. The number of nitrogens with zero attached hydrogens (tertiary/aromatic N) is 3. The summed E-state index contributed by atoms with van der Waals surface area (Å²) in [5.41, 5.74) is 1.17. The van der Waals surface area contributed by atoms with E-state index in [1.54, 1.807) is 11.1 Å². The summed E-state index contributed by atoms with van der Waals surface area (Å²) in [5.74, 6) is 0.304. The molecule has 1 aromatic carbocycles. The first-order chi connectivity index (χ1) is 14.1. The van der Waals surface area contributed by atoms with Crippen LogP contribution in [0.4, 0.5) is 15.9 Å². The van der Waals surface area contributed by atoms with E-state index in [2.05, 4.69) is 15.2 Å². The number of halogens is 1. The van der Waals surface area contributed by atoms with Crippen LogP contribution in [0.5, 0.6) is 0 Å². The van der Waals surface area contributed by atoms with E-state index in [0.717, 1.165) is 18.9 Å². The maximum atomic E-state index is 13.0. The molecule has 0 spiro atoms. The summed E-state index contributed by atoms with van der Waals surface area (Å²) in [6.07, 6.45) is 5.32. The van der Waals surface area contributed by atoms with E-state index >= 15 is 0 Å². The monoisotopic (exact) mass is 396 g/mol. The molecule has 3 heterocycles. The molecule has 6 nitrogen and oxygen atoms in total. The molecule has 0 unspecified atom stereocenters. The number of piperidine rings is 1. The lowest BCUT2D eigenvalue weighted by Gasteiger charge is -2.31. The predicted molar refractivity (Wildman–Crippen MR) is 109 cm³/mol. The Balaban J connectivity index is 1.28. The van der Waals surface area contributed by atoms with Crippen LogP contribution in [0.25, 0.3) is 0 Å². The number of likely N-dealkylation sites (tertiary alicyclic amines) is 1. The van der Waals surface area contributed by atoms with Gasteiger partial charge in [-0.1, -0.05) is 0 Å². The molecular weight excluding hydrogens is 371 g/mol. The van der Waals surface area contributed by atoms with Gasteiger partial charge in [-0.3, -0.25) is 9.59 Å². The number of benzene rings is 1. The Hall–Kier alpha value is -2.96. The third kappa shape index (κ3) is 4.55. The fraction of sp³-hybridized carbons (Fsp3) is 0.409. The van der Waals surface area contributed by atoms with E-state index in [1.165, 1.54) is 37.1 Å². The molecule has 4 rings (SSSR count). The Bertz CT molecular complexity index is 855. The van der Waals surface area contributed by atoms with Crippen LogP contribution >= 0.6 is 0 Å². The van der Waals surface area contributed by atoms with Gasteiger partial charge in [0, 0.05) is 37.7 Å². The van der Waals surface area contributed by atoms with Crippen molar-refractivity contribution in [3.05, 3.63) is 54.0 Å². The number of nitrogens with one attached hydrogen (secondary N) is 1. The number of hydrogen-bond acceptors (Lipinski definition) is 4. The van der Waals surface area contributed by atoms with E-state index < -0.39 is 0 Å². The molecule has 2 aromatic rings. The maximum absolute atomic E-state index is 13.0. The highest BCUT2D eigenvalue weighted by Crippen LogP contribution is 2.23. The lowest BCUT2D eigenvalue weighted by Crippen LogP contribution is -2.41. The van der Waals surface area contributed by atoms with Gasteiger partial charge < -0.3 is 15.1 Å². The Morgan fingerprint density at radius 3 is 2.28 bits per heavy atom. The summed E-state index contributed by atoms with van der Waals surface area (Å²) < 4.78 is 13.0. The first-order valence-electron chi connectivity index (χ1n) is 10.2. The SMILES string of the molecule is O=C(Nc1ccc(N2CCCC2)nc1)C1CCN(C(=O)c2ccc(F)cc2)CC1. The summed E-state index contributed by atoms with van der Waals surface area (Å²) in [6.45, 7) is 3.10. The van der Waals surface area contributed by atoms with Crippen LogP contribution < -0.4 is 10.2 Å². The summed E-state index contributed by atoms with van der Waals surface area (Å²) in [4.78, 5) is 33.5. The minimum atomic E-state index is -0.361. The van der Waals surface area contributed by atoms with Crippen molar-refractivity contribution >= 4 is 23.3 Å². The van der Waals surface area contributed by atoms with Crippen LogP contribution in [-0.2, 0) is 4.79 Å². The fourth-order valence-electron chi connectivity index (χ4n) is 3.96. The van der Waals surface area contributed by atoms with E-state index in [-0.39, 0.29) is 23.5 Å². The molecule has 0 saturated carbocycles. The molecule has 152 valence electrons. The predicted octanol–water partition coefficient (Wildman–Crippen LogP) is 3.31. The summed E-state index contributed by atoms with van der Waals surface area (Å²) in [5, 5.41) is 2.95. The third-order valence-electron chi connectivity index (χ3n) is 5.69. The van der Waals surface area contributed by atoms with Gasteiger partial charge in [0.05, 0.1) is 11.9 Å². The van der Waals surface area contributed by atoms with Crippen molar-refractivity contribution < 1.29 is 14.0 Å². The zero-order chi connectivity index (χ0) is 20.2. The molecule has 0 bridgehead atoms. The zero-order valence-electron chi connectivity index (χ0n) is 16.3. The molecule has 2 amide bonds. The van der Waals surface area contributed by atoms with Crippen molar-refractivity contribution in [2.24, 2.45) is 5.92 Å². The van der Waals surface area contributed by atoms with Crippen molar-refractivity contribution in [2.75, 3.05) is 36.4 Å². The second kappa shape index (κ2) is 8.59. The number of anilines is 2. The molecule has 2 aliphatic heterocycles. The van der Waals surface area contributed by atoms with Gasteiger partial charge >= 0.3 is 0 Å². The highest BCUT2D eigenvalue weighted by Gasteiger charge is 2.28. The number of hydrogen-bond donors (Lipinski definition) is 1. The van der Waals surface area contributed by atoms with Crippen LogP contribution in [0.2, 0.25) is 0 Å². The van der Waals surface area contributed by atoms with Crippen molar-refractivity contribution in [2.45, 2.75) is 25.7 Å². The molecule has 29 heavy (non-hydrogen) atoms. The molecule has 2 saturated heterocycles. The smallest absolute Gasteiger partial charge is 0.253 e. The lowest BCUT2D eigenvalue weighted by atomic mass is 9.95. The van der Waals surface area contributed by atoms with Crippen LogP contribution in [-0.4, -0.2) is 47.9 Å². The van der Waals surface area contributed by atoms with Crippen molar-refractivity contribution in [3.8, 4) is 0 Å². The average molecular weight is 396 g/mol. The van der Waals surface area contributed by atoms with Gasteiger partial charge in [-0.15, -0.1) is 0 Å². The Kier molecular flexibility index (Phi) is 5.74. The van der Waals surface area contributed by atoms with E-state index in [1.807, 2.05) is 12.1 Å². The molecular formula is C22H25FN4O2. The number of pyridine rings is 1. The molecule has 1 aromatic heterocycles. The Labute approximate surface area is 169 Å². The average Bonchev–Trinajstić information content (AvgIpc) is 3.29. The third-order valence-corrected chi connectivity index (χ3v) is 5.69. The van der Waals surface area contributed by atoms with Crippen LogP contribution in [0.1, 0.15) is 36.0 Å². The summed E-state index contributed by atoms with van der Waals surface area (Å²) in [6, 6.07) is 9.41. The number of amides is 2. The molecule has 0 aliphatic carbocycles. The van der Waals surface area contributed by atoms with Crippen LogP contribution in [0.15, 0.2) is 42.6 Å². The van der Waals surface area contributed by atoms with E-state index in [4.69, 9.17) is 0 Å². The lowest BCUT2D eigenvalue weighted by molar-refractivity contribution is -0.121. The molecule has 0 radical (unpaired) electrons. The minimum Gasteiger partial charge on any atom is -0.357 e. The van der Waals surface area contributed by atoms with Gasteiger partial charge in [0.2, 0.25) is 5.91 Å². The topological polar surface area (TPSA) is 65.5 Å². The van der Waals surface area contributed by atoms with Gasteiger partial charge in [0.25, 0.3) is 5.91 Å². The minimum absolute atomic E-state index is 0.0328. The normalized spacial score (nSPS) is 17.4. The number of carbonyl (C=O) groups is 2. The van der Waals surface area contributed by atoms with E-state index in [0.29, 0.717) is 37.2 Å². The second-order valence-corrected chi connectivity index (χ2v) is 7.66. The number of aromatic nitrogens is 1. The zero-order valence-corrected chi connectivity index (χ0v) is 16.3. The maximum Gasteiger partial charge on any atom is 0.253 e. The first-order valence-corrected chi connectivity index (χ1v) is 10.2. The van der Waals surface area contributed by atoms with Gasteiger partial charge in [0.15, 0.2) is 0 Å². The highest BCUT2D eigenvalue weighted by atomic mass is 19.1. The standard InChI is InChI=1S/C22H25FN4O2/c23-18-5-3-17(4-6-18)22(29)27-13-9-16(10-14-27)21(28)25-19-7-8-20(24-15-19)26-11-1-2-12-26/h3-8,15-16H,1-2,9-14H2,(H,25,28). The quantitative estimate of drug-likeness (QED) is 0.861. The summed E-state index contributed by atoms with van der Waals surface area (Å²) in [7, 11) is 0. The number of rotatable bonds is 4. The first kappa shape index (κ1) is 19.4. The Morgan fingerprint density at radius 1 is 0.966 bits per heavy atom. The van der Waals surface area contributed by atoms with Gasteiger partial charge in [-0.25, -0.2) is 9.37 Å². The van der Waals surface area contributed by atoms with Gasteiger partial charge in [0.1, 0.15) is 11.6 Å². The molecule has 7 heteroatoms. The van der Waals surface area contributed by atoms with Gasteiger partial charge in [-0.05, 0) is 62.1 Å². The molecule has 2 aliphatic rings. The van der Waals surface area contributed by atoms with Gasteiger partial charge in [-0.2, -0.15) is 0 Å². The van der Waals surface area contributed by atoms with Crippen LogP contribution in [0, 0.1) is 11.7 Å². The van der Waals surface area contributed by atoms with E-state index in [9.17, 15) is 14.0 Å². The van der Waals surface area contributed by atoms with Crippen molar-refractivity contribution in [1.29, 1.82) is 0 Å². The number of carbonyl (C=O) groups excluding carboxylic acids is 2. The van der Waals surface area contributed by atoms with Crippen molar-refractivity contribution in [3.63, 3.8) is 0 Å². The molecule has 0 atom stereocenters. The highest BCUT2D eigenvalue weighted by molar-refractivity contribution is 5.95. The molecule has 1 N–H and O–H groups in total. The second-order valence-electron chi connectivity index (χ2n) is 7.66. The largest absolute Gasteiger partial charge is 0.357 e. The Morgan fingerprint density at radius 2 is 1.66 bits per heavy atom. The fourth-order valence-corrected chi connectivity index (χ4v) is 3.96.